The fraction of sp³-hybridized carbons (Fsp3) is 0.845. The summed E-state index contributed by atoms with van der Waals surface area (Å²) in [5.41, 5.74) is 0.495. The molecular weight excluding hydrogens is 1440 g/mol. The molecule has 5 fully saturated rings. The summed E-state index contributed by atoms with van der Waals surface area (Å²) in [6.45, 7) is -0.666. The first kappa shape index (κ1) is 92.5. The molecule has 5 aliphatic rings. The number of hydrogen-bond donors (Lipinski definition) is 20. The maximum atomic E-state index is 13.6. The summed E-state index contributed by atoms with van der Waals surface area (Å²) in [4.78, 5) is 62.4. The summed E-state index contributed by atoms with van der Waals surface area (Å²) in [6, 6.07) is 4.11. The van der Waals surface area contributed by atoms with Crippen molar-refractivity contribution >= 4 is 29.5 Å². The average Bonchev–Trinajstić information content (AvgIpc) is 0.786. The number of ether oxygens (including phenoxy) is 11. The average molecular weight is 1560 g/mol. The smallest absolute Gasteiger partial charge is 0.335 e. The highest BCUT2D eigenvalue weighted by molar-refractivity contribution is 5.79. The lowest BCUT2D eigenvalue weighted by atomic mass is 9.95. The molecule has 1 aromatic carbocycles. The number of rotatable bonds is 50. The summed E-state index contributed by atoms with van der Waals surface area (Å²) in [5, 5.41) is 197. The van der Waals surface area contributed by atoms with Crippen molar-refractivity contribution in [3.8, 4) is 0 Å². The van der Waals surface area contributed by atoms with Crippen LogP contribution in [0, 0.1) is 5.82 Å². The van der Waals surface area contributed by atoms with Gasteiger partial charge in [0.1, 0.15) is 128 Å². The number of ketones is 1. The molecule has 37 heteroatoms. The van der Waals surface area contributed by atoms with Crippen molar-refractivity contribution in [2.75, 3.05) is 46.2 Å². The van der Waals surface area contributed by atoms with Crippen LogP contribution in [0.5, 0.6) is 0 Å². The molecule has 5 heterocycles. The second-order valence-corrected chi connectivity index (χ2v) is 28.3. The van der Waals surface area contributed by atoms with Crippen LogP contribution in [-0.4, -0.2) is 339 Å². The number of unbranched alkanes of at least 4 members (excludes halogenated alkanes) is 16. The van der Waals surface area contributed by atoms with Gasteiger partial charge in [0.25, 0.3) is 0 Å². The van der Waals surface area contributed by atoms with E-state index in [9.17, 15) is 120 Å². The lowest BCUT2D eigenvalue weighted by molar-refractivity contribution is -0.385. The molecule has 5 aliphatic heterocycles. The summed E-state index contributed by atoms with van der Waals surface area (Å²) < 4.78 is 74.8. The Kier molecular flexibility index (Phi) is 41.1. The number of hydrogen-bond acceptors (Lipinski definition) is 32. The Hall–Kier alpha value is -4.38. The molecule has 0 aromatic heterocycles. The molecule has 20 N–H and O–H groups in total. The van der Waals surface area contributed by atoms with E-state index >= 15 is 0 Å². The van der Waals surface area contributed by atoms with E-state index in [0.29, 0.717) is 44.1 Å². The molecule has 622 valence electrons. The topological polar surface area (TPSA) is 575 Å². The van der Waals surface area contributed by atoms with Crippen LogP contribution < -0.4 is 10.6 Å². The van der Waals surface area contributed by atoms with Gasteiger partial charge in [0, 0.05) is 32.4 Å². The number of carbonyl (C=O) groups is 5. The lowest BCUT2D eigenvalue weighted by Crippen LogP contribution is -2.68. The van der Waals surface area contributed by atoms with Crippen LogP contribution in [0.1, 0.15) is 160 Å². The number of amides is 2. The normalized spacial score (nSPS) is 34.0. The minimum atomic E-state index is -2.33. The maximum absolute atomic E-state index is 13.6. The van der Waals surface area contributed by atoms with E-state index in [1.807, 2.05) is 0 Å². The Balaban J connectivity index is 0.831. The Labute approximate surface area is 625 Å². The standard InChI is InChI=1S/C71H117FN2O34/c1-2-3-4-5-6-7-8-9-10-11-14-17-23-41(78)47(81)40(74-46(80)32-37-25-27-38(72)28-26-37)35-100-68-54(88)49(83)48(82)44(103-68)36-98-30-20-15-12-13-16-21-39(77)22-18-19-24-45(79)73-29-31-99-67-56(90)52(86)60(42(33-75)101-67)105-71-59(93)62(58(92)64(108-71)66(96)97)106-69-57(91)53(87)61(43(34-76)102-69)104-70-55(89)50(84)51(85)63(107-70)65(94)95/h25-28,40-44,47-64,67-71,75-76,78,81-93H,2-24,29-36H2,1H3,(H,73,79)(H,74,80)(H,94,95)(H,96,97)/t40-,41+,42?,43?,44?,47-,48?,49?,50?,51?,52?,53?,54?,55?,56?,57?,58?,59?,60?,61?,62?,63?,64?,67?,68?,69?,70?,71?/m0/s1. The van der Waals surface area contributed by atoms with Crippen molar-refractivity contribution < 1.29 is 172 Å². The van der Waals surface area contributed by atoms with Crippen molar-refractivity contribution in [2.24, 2.45) is 0 Å². The van der Waals surface area contributed by atoms with E-state index in [-0.39, 0.29) is 57.8 Å². The van der Waals surface area contributed by atoms with Gasteiger partial charge in [-0.3, -0.25) is 14.4 Å². The van der Waals surface area contributed by atoms with E-state index in [4.69, 9.17) is 52.1 Å². The molecule has 0 aliphatic carbocycles. The maximum Gasteiger partial charge on any atom is 0.335 e. The van der Waals surface area contributed by atoms with Crippen molar-refractivity contribution in [1.29, 1.82) is 0 Å². The predicted molar refractivity (Wildman–Crippen MR) is 366 cm³/mol. The first-order valence-corrected chi connectivity index (χ1v) is 37.7. The Morgan fingerprint density at radius 2 is 0.917 bits per heavy atom. The van der Waals surface area contributed by atoms with Crippen molar-refractivity contribution in [3.63, 3.8) is 0 Å². The zero-order valence-corrected chi connectivity index (χ0v) is 60.9. The molecule has 0 spiro atoms. The second kappa shape index (κ2) is 48.0. The summed E-state index contributed by atoms with van der Waals surface area (Å²) >= 11 is 0. The molecular formula is C71H117FN2O34. The van der Waals surface area contributed by atoms with Crippen LogP contribution in [-0.2, 0) is 82.5 Å². The van der Waals surface area contributed by atoms with Crippen LogP contribution in [0.15, 0.2) is 24.3 Å². The van der Waals surface area contributed by atoms with Gasteiger partial charge in [-0.25, -0.2) is 14.0 Å². The van der Waals surface area contributed by atoms with Crippen molar-refractivity contribution in [1.82, 2.24) is 10.6 Å². The molecule has 1 aromatic rings. The highest BCUT2D eigenvalue weighted by Gasteiger charge is 2.57. The number of aliphatic carboxylic acids is 2. The number of benzene rings is 1. The predicted octanol–water partition coefficient (Wildman–Crippen LogP) is -3.43. The molecule has 36 nitrogen and oxygen atoms in total. The fourth-order valence-corrected chi connectivity index (χ4v) is 13.4. The van der Waals surface area contributed by atoms with E-state index in [1.54, 1.807) is 0 Å². The largest absolute Gasteiger partial charge is 0.479 e. The van der Waals surface area contributed by atoms with E-state index < -0.39 is 221 Å². The number of carboxylic acids is 2. The molecule has 28 atom stereocenters. The highest BCUT2D eigenvalue weighted by Crippen LogP contribution is 2.36. The molecule has 25 unspecified atom stereocenters. The number of aliphatic hydroxyl groups is 16. The fourth-order valence-electron chi connectivity index (χ4n) is 13.4. The van der Waals surface area contributed by atoms with Crippen molar-refractivity contribution in [3.05, 3.63) is 35.6 Å². The number of carbonyl (C=O) groups excluding carboxylic acids is 3. The molecule has 2 amide bonds. The molecule has 5 saturated heterocycles. The number of carboxylic acid groups (broad SMARTS) is 2. The van der Waals surface area contributed by atoms with Crippen LogP contribution in [0.4, 0.5) is 4.39 Å². The van der Waals surface area contributed by atoms with Crippen molar-refractivity contribution in [2.45, 2.75) is 333 Å². The minimum absolute atomic E-state index is 0.0236. The molecule has 0 saturated carbocycles. The highest BCUT2D eigenvalue weighted by atomic mass is 19.1. The Morgan fingerprint density at radius 3 is 1.50 bits per heavy atom. The second-order valence-electron chi connectivity index (χ2n) is 28.3. The third kappa shape index (κ3) is 28.3. The molecule has 0 radical (unpaired) electrons. The molecule has 0 bridgehead atoms. The number of halogens is 1. The van der Waals surface area contributed by atoms with Gasteiger partial charge in [-0.1, -0.05) is 115 Å². The lowest BCUT2D eigenvalue weighted by Gasteiger charge is -2.48. The van der Waals surface area contributed by atoms with Gasteiger partial charge >= 0.3 is 11.9 Å². The number of nitrogens with one attached hydrogen (secondary N) is 2. The zero-order chi connectivity index (χ0) is 79.1. The van der Waals surface area contributed by atoms with Gasteiger partial charge in [0.05, 0.1) is 51.6 Å². The zero-order valence-electron chi connectivity index (χ0n) is 60.9. The van der Waals surface area contributed by atoms with Gasteiger partial charge in [-0.05, 0) is 49.8 Å². The number of Topliss-reactive ketones (excluding diaryl/α,β-unsaturated/α-hetero) is 1. The van der Waals surface area contributed by atoms with Crippen LogP contribution in [0.25, 0.3) is 0 Å². The van der Waals surface area contributed by atoms with E-state index in [1.165, 1.54) is 69.2 Å². The van der Waals surface area contributed by atoms with Gasteiger partial charge in [0.15, 0.2) is 43.7 Å². The van der Waals surface area contributed by atoms with Crippen LogP contribution in [0.3, 0.4) is 0 Å². The minimum Gasteiger partial charge on any atom is -0.479 e. The van der Waals surface area contributed by atoms with Gasteiger partial charge in [0.2, 0.25) is 11.8 Å². The SMILES string of the molecule is CCCCCCCCCCCCCC[C@@H](O)[C@@H](O)[C@H](COC1OC(COCCCCCCCC(=O)CCCCC(=O)NCCOC2OC(CO)C(OC3OC(C(=O)O)C(O)C(OC4OC(CO)C(OC5OC(C(=O)O)C(O)C(O)C5O)C(O)C4O)C3O)C(O)C2O)C(O)C(O)C1O)NC(=O)Cc1ccc(F)cc1. The third-order valence-corrected chi connectivity index (χ3v) is 19.8. The monoisotopic (exact) mass is 1560 g/mol. The summed E-state index contributed by atoms with van der Waals surface area (Å²) in [7, 11) is 0. The molecule has 6 rings (SSSR count). The van der Waals surface area contributed by atoms with Crippen LogP contribution in [0.2, 0.25) is 0 Å². The quantitative estimate of drug-likeness (QED) is 0.0282. The number of aliphatic hydroxyl groups excluding tert-OH is 16. The van der Waals surface area contributed by atoms with Gasteiger partial charge in [-0.15, -0.1) is 0 Å². The third-order valence-electron chi connectivity index (χ3n) is 19.8. The Morgan fingerprint density at radius 1 is 0.463 bits per heavy atom. The first-order chi connectivity index (χ1) is 51.6. The first-order valence-electron chi connectivity index (χ1n) is 37.7. The summed E-state index contributed by atoms with van der Waals surface area (Å²) in [5.74, 6) is -5.06. The van der Waals surface area contributed by atoms with E-state index in [0.717, 1.165) is 44.9 Å². The summed E-state index contributed by atoms with van der Waals surface area (Å²) in [6.07, 6.45) is -33.5. The van der Waals surface area contributed by atoms with E-state index in [2.05, 4.69) is 17.6 Å². The van der Waals surface area contributed by atoms with Gasteiger partial charge in [-0.2, -0.15) is 0 Å². The molecule has 108 heavy (non-hydrogen) atoms. The Bertz CT molecular complexity index is 2750. The van der Waals surface area contributed by atoms with Gasteiger partial charge < -0.3 is 155 Å². The van der Waals surface area contributed by atoms with Crippen LogP contribution >= 0.6 is 0 Å².